The fourth-order valence-electron chi connectivity index (χ4n) is 1.79. The average molecular weight is 268 g/mol. The number of esters is 1. The lowest BCUT2D eigenvalue weighted by atomic mass is 9.85. The minimum Gasteiger partial charge on any atom is -0.465 e. The summed E-state index contributed by atoms with van der Waals surface area (Å²) in [7, 11) is 0. The molecule has 106 valence electrons. The highest BCUT2D eigenvalue weighted by atomic mass is 16.5. The van der Waals surface area contributed by atoms with Crippen LogP contribution in [0.4, 0.5) is 4.79 Å². The van der Waals surface area contributed by atoms with Crippen molar-refractivity contribution in [3.05, 3.63) is 23.5 Å². The molecule has 1 unspecified atom stereocenters. The molecule has 1 rings (SSSR count). The zero-order chi connectivity index (χ0) is 14.6. The summed E-state index contributed by atoms with van der Waals surface area (Å²) in [6, 6.07) is 2.85. The minimum atomic E-state index is -1.10. The number of rotatable bonds is 4. The summed E-state index contributed by atoms with van der Waals surface area (Å²) in [5.41, 5.74) is 0.631. The lowest BCUT2D eigenvalue weighted by Crippen LogP contribution is -2.36. The van der Waals surface area contributed by atoms with Crippen LogP contribution in [0.1, 0.15) is 49.9 Å². The maximum absolute atomic E-state index is 11.6. The molecule has 1 aromatic heterocycles. The van der Waals surface area contributed by atoms with Crippen molar-refractivity contribution in [3.63, 3.8) is 0 Å². The Morgan fingerprint density at radius 1 is 1.42 bits per heavy atom. The first-order valence-corrected chi connectivity index (χ1v) is 6.11. The zero-order valence-electron chi connectivity index (χ0n) is 11.6. The number of carboxylic acid groups (broad SMARTS) is 1. The molecule has 1 amide bonds. The van der Waals surface area contributed by atoms with Crippen LogP contribution >= 0.6 is 0 Å². The Bertz CT molecular complexity index is 459. The first-order valence-electron chi connectivity index (χ1n) is 6.11. The Morgan fingerprint density at radius 2 is 2.05 bits per heavy atom. The summed E-state index contributed by atoms with van der Waals surface area (Å²) < 4.78 is 4.88. The number of hydrogen-bond donors (Lipinski definition) is 3. The Balaban J connectivity index is 2.98. The summed E-state index contributed by atoms with van der Waals surface area (Å²) >= 11 is 0. The van der Waals surface area contributed by atoms with E-state index in [1.54, 1.807) is 19.1 Å². The first kappa shape index (κ1) is 15.1. The molecule has 0 fully saturated rings. The Labute approximate surface area is 112 Å². The SMILES string of the molecule is CCOC(=O)c1ccc(C(NC(=O)O)C(C)(C)C)[nH]1. The van der Waals surface area contributed by atoms with E-state index in [0.717, 1.165) is 0 Å². The van der Waals surface area contributed by atoms with Crippen molar-refractivity contribution >= 4 is 12.1 Å². The summed E-state index contributed by atoms with van der Waals surface area (Å²) in [6.07, 6.45) is -1.10. The number of carbonyl (C=O) groups excluding carboxylic acids is 1. The lowest BCUT2D eigenvalue weighted by molar-refractivity contribution is 0.0520. The summed E-state index contributed by atoms with van der Waals surface area (Å²) in [5, 5.41) is 11.3. The fraction of sp³-hybridized carbons (Fsp3) is 0.538. The Kier molecular flexibility index (Phi) is 4.58. The smallest absolute Gasteiger partial charge is 0.405 e. The van der Waals surface area contributed by atoms with Crippen LogP contribution in [0.3, 0.4) is 0 Å². The lowest BCUT2D eigenvalue weighted by Gasteiger charge is -2.29. The van der Waals surface area contributed by atoms with Crippen LogP contribution in [-0.2, 0) is 4.74 Å². The van der Waals surface area contributed by atoms with Crippen molar-refractivity contribution in [2.45, 2.75) is 33.7 Å². The molecule has 6 heteroatoms. The van der Waals surface area contributed by atoms with Crippen molar-refractivity contribution in [3.8, 4) is 0 Å². The standard InChI is InChI=1S/C13H20N2O4/c1-5-19-11(16)9-7-6-8(14-9)10(13(2,3)4)15-12(17)18/h6-7,10,14-15H,5H2,1-4H3,(H,17,18). The molecule has 0 saturated carbocycles. The third kappa shape index (κ3) is 4.01. The zero-order valence-corrected chi connectivity index (χ0v) is 11.6. The van der Waals surface area contributed by atoms with Crippen LogP contribution in [0, 0.1) is 5.41 Å². The van der Waals surface area contributed by atoms with E-state index >= 15 is 0 Å². The molecule has 6 nitrogen and oxygen atoms in total. The molecule has 0 spiro atoms. The second-order valence-electron chi connectivity index (χ2n) is 5.30. The van der Waals surface area contributed by atoms with Crippen molar-refractivity contribution in [1.29, 1.82) is 0 Å². The number of nitrogens with one attached hydrogen (secondary N) is 2. The maximum Gasteiger partial charge on any atom is 0.405 e. The number of aromatic nitrogens is 1. The first-order chi connectivity index (χ1) is 8.75. The van der Waals surface area contributed by atoms with E-state index in [-0.39, 0.29) is 5.41 Å². The Morgan fingerprint density at radius 3 is 2.53 bits per heavy atom. The van der Waals surface area contributed by atoms with E-state index in [4.69, 9.17) is 9.84 Å². The molecular formula is C13H20N2O4. The van der Waals surface area contributed by atoms with Crippen molar-refractivity contribution < 1.29 is 19.4 Å². The van der Waals surface area contributed by atoms with Gasteiger partial charge in [-0.15, -0.1) is 0 Å². The van der Waals surface area contributed by atoms with Crippen LogP contribution in [0.2, 0.25) is 0 Å². The highest BCUT2D eigenvalue weighted by Gasteiger charge is 2.29. The van der Waals surface area contributed by atoms with Crippen LogP contribution in [0.25, 0.3) is 0 Å². The molecule has 1 aromatic rings. The van der Waals surface area contributed by atoms with E-state index < -0.39 is 18.1 Å². The molecule has 0 aliphatic heterocycles. The molecule has 1 atom stereocenters. The molecule has 0 aliphatic carbocycles. The van der Waals surface area contributed by atoms with Gasteiger partial charge in [-0.25, -0.2) is 9.59 Å². The summed E-state index contributed by atoms with van der Waals surface area (Å²) in [4.78, 5) is 25.3. The average Bonchev–Trinajstić information content (AvgIpc) is 2.73. The molecule has 1 heterocycles. The summed E-state index contributed by atoms with van der Waals surface area (Å²) in [6.45, 7) is 7.77. The van der Waals surface area contributed by atoms with Gasteiger partial charge in [0.1, 0.15) is 5.69 Å². The van der Waals surface area contributed by atoms with Gasteiger partial charge in [-0.2, -0.15) is 0 Å². The quantitative estimate of drug-likeness (QED) is 0.732. The van der Waals surface area contributed by atoms with E-state index in [1.165, 1.54) is 0 Å². The van der Waals surface area contributed by atoms with E-state index in [9.17, 15) is 9.59 Å². The van der Waals surface area contributed by atoms with Gasteiger partial charge < -0.3 is 20.1 Å². The maximum atomic E-state index is 11.6. The Hall–Kier alpha value is -1.98. The van der Waals surface area contributed by atoms with Crippen LogP contribution in [-0.4, -0.2) is 28.8 Å². The van der Waals surface area contributed by atoms with Crippen molar-refractivity contribution in [1.82, 2.24) is 10.3 Å². The van der Waals surface area contributed by atoms with Crippen molar-refractivity contribution in [2.75, 3.05) is 6.61 Å². The number of aromatic amines is 1. The number of amides is 1. The molecule has 0 bridgehead atoms. The number of hydrogen-bond acceptors (Lipinski definition) is 3. The molecular weight excluding hydrogens is 248 g/mol. The van der Waals surface area contributed by atoms with Gasteiger partial charge in [0, 0.05) is 5.69 Å². The van der Waals surface area contributed by atoms with E-state index in [0.29, 0.717) is 18.0 Å². The largest absolute Gasteiger partial charge is 0.465 e. The number of carbonyl (C=O) groups is 2. The van der Waals surface area contributed by atoms with Gasteiger partial charge in [0.25, 0.3) is 0 Å². The molecule has 0 saturated heterocycles. The van der Waals surface area contributed by atoms with Gasteiger partial charge >= 0.3 is 12.1 Å². The van der Waals surface area contributed by atoms with Crippen molar-refractivity contribution in [2.24, 2.45) is 5.41 Å². The molecule has 0 aliphatic rings. The predicted octanol–water partition coefficient (Wildman–Crippen LogP) is 2.55. The van der Waals surface area contributed by atoms with Gasteiger partial charge in [-0.1, -0.05) is 20.8 Å². The van der Waals surface area contributed by atoms with Gasteiger partial charge in [-0.05, 0) is 24.5 Å². The highest BCUT2D eigenvalue weighted by molar-refractivity contribution is 5.87. The van der Waals surface area contributed by atoms with Gasteiger partial charge in [0.2, 0.25) is 0 Å². The minimum absolute atomic E-state index is 0.295. The van der Waals surface area contributed by atoms with E-state index in [1.807, 2.05) is 20.8 Å². The third-order valence-corrected chi connectivity index (χ3v) is 2.65. The van der Waals surface area contributed by atoms with Gasteiger partial charge in [-0.3, -0.25) is 0 Å². The second kappa shape index (κ2) is 5.77. The normalized spacial score (nSPS) is 12.8. The predicted molar refractivity (Wildman–Crippen MR) is 70.1 cm³/mol. The third-order valence-electron chi connectivity index (χ3n) is 2.65. The molecule has 0 radical (unpaired) electrons. The van der Waals surface area contributed by atoms with Crippen LogP contribution in [0.15, 0.2) is 12.1 Å². The number of H-pyrrole nitrogens is 1. The molecule has 3 N–H and O–H groups in total. The second-order valence-corrected chi connectivity index (χ2v) is 5.30. The van der Waals surface area contributed by atoms with Crippen LogP contribution in [0.5, 0.6) is 0 Å². The van der Waals surface area contributed by atoms with Crippen LogP contribution < -0.4 is 5.32 Å². The van der Waals surface area contributed by atoms with Gasteiger partial charge in [0.15, 0.2) is 0 Å². The molecule has 19 heavy (non-hydrogen) atoms. The van der Waals surface area contributed by atoms with E-state index in [2.05, 4.69) is 10.3 Å². The highest BCUT2D eigenvalue weighted by Crippen LogP contribution is 2.32. The molecule has 0 aromatic carbocycles. The van der Waals surface area contributed by atoms with Gasteiger partial charge in [0.05, 0.1) is 12.6 Å². The number of ether oxygens (including phenoxy) is 1. The monoisotopic (exact) mass is 268 g/mol. The summed E-state index contributed by atoms with van der Waals surface area (Å²) in [5.74, 6) is -0.447. The topological polar surface area (TPSA) is 91.4 Å². The fourth-order valence-corrected chi connectivity index (χ4v) is 1.79.